The first-order chi connectivity index (χ1) is 14.9. The molecule has 1 amide bonds. The minimum atomic E-state index is -3.69. The van der Waals surface area contributed by atoms with Gasteiger partial charge in [-0.15, -0.1) is 11.3 Å². The molecule has 1 aromatic heterocycles. The first-order valence-corrected chi connectivity index (χ1v) is 13.7. The van der Waals surface area contributed by atoms with Crippen molar-refractivity contribution in [2.45, 2.75) is 31.7 Å². The molecule has 0 saturated carbocycles. The number of amides is 1. The fourth-order valence-corrected chi connectivity index (χ4v) is 7.15. The number of ether oxygens (including phenoxy) is 2. The third-order valence-corrected chi connectivity index (χ3v) is 8.76. The number of carbonyl (C=O) groups excluding carboxylic acids is 1. The van der Waals surface area contributed by atoms with E-state index in [1.54, 1.807) is 17.1 Å². The van der Waals surface area contributed by atoms with E-state index in [1.807, 2.05) is 39.0 Å². The second-order valence-corrected chi connectivity index (χ2v) is 10.9. The van der Waals surface area contributed by atoms with Gasteiger partial charge in [-0.1, -0.05) is 6.07 Å². The normalized spacial score (nSPS) is 16.0. The van der Waals surface area contributed by atoms with Gasteiger partial charge >= 0.3 is 0 Å². The Kier molecular flexibility index (Phi) is 8.26. The van der Waals surface area contributed by atoms with Crippen LogP contribution in [0.3, 0.4) is 0 Å². The summed E-state index contributed by atoms with van der Waals surface area (Å²) in [6.07, 6.45) is 0. The number of sulfonamides is 1. The monoisotopic (exact) mass is 484 g/mol. The minimum Gasteiger partial charge on any atom is -0.490 e. The molecule has 1 aromatic carbocycles. The second kappa shape index (κ2) is 10.7. The molecule has 1 atom stereocenters. The summed E-state index contributed by atoms with van der Waals surface area (Å²) in [7, 11) is -3.69. The molecule has 0 radical (unpaired) electrons. The summed E-state index contributed by atoms with van der Waals surface area (Å²) >= 11 is 2.87. The van der Waals surface area contributed by atoms with Crippen molar-refractivity contribution >= 4 is 39.0 Å². The highest BCUT2D eigenvalue weighted by atomic mass is 32.2. The summed E-state index contributed by atoms with van der Waals surface area (Å²) in [5.74, 6) is 2.39. The molecule has 31 heavy (non-hydrogen) atoms. The molecule has 7 nitrogen and oxygen atoms in total. The molecular formula is C21H28N2O5S3. The van der Waals surface area contributed by atoms with Crippen LogP contribution in [0, 0.1) is 0 Å². The molecule has 10 heteroatoms. The Morgan fingerprint density at radius 3 is 2.48 bits per heavy atom. The highest BCUT2D eigenvalue weighted by Crippen LogP contribution is 2.32. The topological polar surface area (TPSA) is 84.9 Å². The molecule has 1 fully saturated rings. The molecule has 1 unspecified atom stereocenters. The van der Waals surface area contributed by atoms with Gasteiger partial charge in [0.1, 0.15) is 9.77 Å². The van der Waals surface area contributed by atoms with Crippen molar-refractivity contribution in [1.82, 2.24) is 9.62 Å². The SMILES string of the molecule is CCOc1ccc(C(C)NC(=O)c2sccc2S(=O)(=O)N2CCSCC2)cc1OCC. The van der Waals surface area contributed by atoms with Crippen molar-refractivity contribution in [3.8, 4) is 11.5 Å². The number of benzene rings is 1. The molecule has 1 aliphatic rings. The molecule has 0 aliphatic carbocycles. The van der Waals surface area contributed by atoms with Crippen LogP contribution < -0.4 is 14.8 Å². The van der Waals surface area contributed by atoms with Crippen molar-refractivity contribution in [1.29, 1.82) is 0 Å². The van der Waals surface area contributed by atoms with Crippen LogP contribution in [-0.2, 0) is 10.0 Å². The number of carbonyl (C=O) groups is 1. The lowest BCUT2D eigenvalue weighted by Crippen LogP contribution is -2.38. The van der Waals surface area contributed by atoms with E-state index in [0.29, 0.717) is 37.8 Å². The molecular weight excluding hydrogens is 456 g/mol. The number of rotatable bonds is 9. The van der Waals surface area contributed by atoms with Crippen molar-refractivity contribution in [2.24, 2.45) is 0 Å². The zero-order valence-electron chi connectivity index (χ0n) is 17.9. The average Bonchev–Trinajstić information content (AvgIpc) is 3.27. The molecule has 1 saturated heterocycles. The highest BCUT2D eigenvalue weighted by molar-refractivity contribution is 7.99. The van der Waals surface area contributed by atoms with Crippen molar-refractivity contribution in [3.63, 3.8) is 0 Å². The highest BCUT2D eigenvalue weighted by Gasteiger charge is 2.31. The largest absolute Gasteiger partial charge is 0.490 e. The summed E-state index contributed by atoms with van der Waals surface area (Å²) in [5, 5.41) is 4.57. The second-order valence-electron chi connectivity index (χ2n) is 6.90. The van der Waals surface area contributed by atoms with Gasteiger partial charge in [0.15, 0.2) is 11.5 Å². The van der Waals surface area contributed by atoms with Gasteiger partial charge in [0.2, 0.25) is 10.0 Å². The van der Waals surface area contributed by atoms with Gasteiger partial charge < -0.3 is 14.8 Å². The maximum atomic E-state index is 13.1. The first kappa shape index (κ1) is 23.9. The maximum absolute atomic E-state index is 13.1. The van der Waals surface area contributed by atoms with E-state index in [0.717, 1.165) is 28.4 Å². The Morgan fingerprint density at radius 2 is 1.81 bits per heavy atom. The molecule has 2 aromatic rings. The third-order valence-electron chi connectivity index (χ3n) is 4.84. The molecule has 0 spiro atoms. The van der Waals surface area contributed by atoms with Crippen LogP contribution in [-0.4, -0.2) is 56.4 Å². The van der Waals surface area contributed by atoms with Gasteiger partial charge in [-0.3, -0.25) is 4.79 Å². The van der Waals surface area contributed by atoms with Gasteiger partial charge in [-0.25, -0.2) is 8.42 Å². The van der Waals surface area contributed by atoms with Crippen LogP contribution in [0.15, 0.2) is 34.5 Å². The number of hydrogen-bond donors (Lipinski definition) is 1. The molecule has 1 N–H and O–H groups in total. The van der Waals surface area contributed by atoms with E-state index >= 15 is 0 Å². The third kappa shape index (κ3) is 5.54. The van der Waals surface area contributed by atoms with Gasteiger partial charge in [-0.2, -0.15) is 16.1 Å². The van der Waals surface area contributed by atoms with E-state index < -0.39 is 15.9 Å². The minimum absolute atomic E-state index is 0.0794. The Labute approximate surface area is 192 Å². The quantitative estimate of drug-likeness (QED) is 0.583. The van der Waals surface area contributed by atoms with Gasteiger partial charge in [-0.05, 0) is 49.9 Å². The van der Waals surface area contributed by atoms with Gasteiger partial charge in [0.25, 0.3) is 5.91 Å². The lowest BCUT2D eigenvalue weighted by Gasteiger charge is -2.25. The standard InChI is InChI=1S/C21H28N2O5S3/c1-4-27-17-7-6-16(14-18(17)28-5-2)15(3)22-21(24)20-19(8-11-30-20)31(25,26)23-9-12-29-13-10-23/h6-8,11,14-15H,4-5,9-10,12-13H2,1-3H3,(H,22,24). The van der Waals surface area contributed by atoms with Crippen molar-refractivity contribution < 1.29 is 22.7 Å². The predicted octanol–water partition coefficient (Wildman–Crippen LogP) is 3.77. The fourth-order valence-electron chi connectivity index (χ4n) is 3.27. The van der Waals surface area contributed by atoms with Crippen LogP contribution >= 0.6 is 23.1 Å². The smallest absolute Gasteiger partial charge is 0.263 e. The number of nitrogens with zero attached hydrogens (tertiary/aromatic N) is 1. The lowest BCUT2D eigenvalue weighted by molar-refractivity contribution is 0.0940. The molecule has 3 rings (SSSR count). The van der Waals surface area contributed by atoms with Gasteiger partial charge in [0, 0.05) is 24.6 Å². The molecule has 2 heterocycles. The Bertz CT molecular complexity index is 1000. The Balaban J connectivity index is 1.78. The zero-order chi connectivity index (χ0) is 22.4. The van der Waals surface area contributed by atoms with E-state index in [1.165, 1.54) is 10.4 Å². The summed E-state index contributed by atoms with van der Waals surface area (Å²) in [6, 6.07) is 6.71. The summed E-state index contributed by atoms with van der Waals surface area (Å²) in [5.41, 5.74) is 0.842. The Hall–Kier alpha value is -1.75. The van der Waals surface area contributed by atoms with Crippen LogP contribution in [0.5, 0.6) is 11.5 Å². The van der Waals surface area contributed by atoms with Crippen LogP contribution in [0.25, 0.3) is 0 Å². The maximum Gasteiger partial charge on any atom is 0.263 e. The van der Waals surface area contributed by atoms with Gasteiger partial charge in [0.05, 0.1) is 19.3 Å². The first-order valence-electron chi connectivity index (χ1n) is 10.2. The Morgan fingerprint density at radius 1 is 1.13 bits per heavy atom. The van der Waals surface area contributed by atoms with Crippen LogP contribution in [0.4, 0.5) is 0 Å². The van der Waals surface area contributed by atoms with E-state index in [2.05, 4.69) is 5.32 Å². The predicted molar refractivity (Wildman–Crippen MR) is 125 cm³/mol. The molecule has 170 valence electrons. The lowest BCUT2D eigenvalue weighted by atomic mass is 10.1. The fraction of sp³-hybridized carbons (Fsp3) is 0.476. The average molecular weight is 485 g/mol. The molecule has 0 bridgehead atoms. The zero-order valence-corrected chi connectivity index (χ0v) is 20.4. The van der Waals surface area contributed by atoms with E-state index in [9.17, 15) is 13.2 Å². The molecule has 1 aliphatic heterocycles. The van der Waals surface area contributed by atoms with Crippen LogP contribution in [0.1, 0.15) is 42.0 Å². The number of hydrogen-bond acceptors (Lipinski definition) is 7. The summed E-state index contributed by atoms with van der Waals surface area (Å²) in [4.78, 5) is 13.3. The summed E-state index contributed by atoms with van der Waals surface area (Å²) in [6.45, 7) is 7.61. The van der Waals surface area contributed by atoms with Crippen LogP contribution in [0.2, 0.25) is 0 Å². The number of nitrogens with one attached hydrogen (secondary N) is 1. The van der Waals surface area contributed by atoms with Crippen molar-refractivity contribution in [2.75, 3.05) is 37.8 Å². The van der Waals surface area contributed by atoms with E-state index in [4.69, 9.17) is 9.47 Å². The van der Waals surface area contributed by atoms with E-state index in [-0.39, 0.29) is 15.8 Å². The van der Waals surface area contributed by atoms with Crippen molar-refractivity contribution in [3.05, 3.63) is 40.1 Å². The summed E-state index contributed by atoms with van der Waals surface area (Å²) < 4.78 is 38.8. The number of thiophene rings is 1. The number of thioether (sulfide) groups is 1.